The Labute approximate surface area is 231 Å². The van der Waals surface area contributed by atoms with Crippen LogP contribution in [0.2, 0.25) is 0 Å². The van der Waals surface area contributed by atoms with Gasteiger partial charge in [-0.15, -0.1) is 0 Å². The zero-order valence-electron chi connectivity index (χ0n) is 22.5. The molecule has 1 atom stereocenters. The lowest BCUT2D eigenvalue weighted by Gasteiger charge is -2.29. The normalized spacial score (nSPS) is 17.3. The Morgan fingerprint density at radius 1 is 1.12 bits per heavy atom. The number of anilines is 2. The molecule has 5 heterocycles. The fourth-order valence-electron chi connectivity index (χ4n) is 5.95. The van der Waals surface area contributed by atoms with Gasteiger partial charge in [0.25, 0.3) is 5.56 Å². The van der Waals surface area contributed by atoms with Crippen LogP contribution in [-0.2, 0) is 13.0 Å². The number of hydrogen-bond acceptors (Lipinski definition) is 8. The number of H-pyrrole nitrogens is 1. The number of hydrogen-bond donors (Lipinski definition) is 2. The third-order valence-electron chi connectivity index (χ3n) is 8.07. The Morgan fingerprint density at radius 2 is 1.93 bits per heavy atom. The van der Waals surface area contributed by atoms with Crippen molar-refractivity contribution in [2.45, 2.75) is 38.3 Å². The van der Waals surface area contributed by atoms with E-state index < -0.39 is 0 Å². The summed E-state index contributed by atoms with van der Waals surface area (Å²) in [6.45, 7) is 3.80. The SMILES string of the molecule is CN(CC1CCc2ccccc2O1)c1ncc2c3[nH]nc(N)c3c(=O)n(-c3ccc(CN4CCCC4)cc3)c2n1. The van der Waals surface area contributed by atoms with E-state index in [2.05, 4.69) is 38.3 Å². The van der Waals surface area contributed by atoms with Crippen molar-refractivity contribution in [2.75, 3.05) is 37.3 Å². The summed E-state index contributed by atoms with van der Waals surface area (Å²) in [4.78, 5) is 27.8. The van der Waals surface area contributed by atoms with E-state index in [4.69, 9.17) is 15.5 Å². The van der Waals surface area contributed by atoms with Gasteiger partial charge in [-0.3, -0.25) is 19.4 Å². The van der Waals surface area contributed by atoms with Gasteiger partial charge in [-0.1, -0.05) is 30.3 Å². The number of nitrogen functional groups attached to an aromatic ring is 1. The average Bonchev–Trinajstić information content (AvgIpc) is 3.63. The number of likely N-dealkylation sites (N-methyl/N-ethyl adjacent to an activating group) is 1. The summed E-state index contributed by atoms with van der Waals surface area (Å²) in [7, 11) is 1.95. The molecular weight excluding hydrogens is 504 g/mol. The maximum Gasteiger partial charge on any atom is 0.270 e. The smallest absolute Gasteiger partial charge is 0.270 e. The second kappa shape index (κ2) is 9.95. The van der Waals surface area contributed by atoms with Gasteiger partial charge in [0.15, 0.2) is 11.5 Å². The highest BCUT2D eigenvalue weighted by Gasteiger charge is 2.24. The molecule has 0 bridgehead atoms. The molecule has 2 aromatic carbocycles. The Bertz CT molecular complexity index is 1750. The topological polar surface area (TPSA) is 118 Å². The first-order valence-electron chi connectivity index (χ1n) is 13.9. The quantitative estimate of drug-likeness (QED) is 0.338. The van der Waals surface area contributed by atoms with Gasteiger partial charge in [-0.05, 0) is 68.1 Å². The van der Waals surface area contributed by atoms with Crippen molar-refractivity contribution < 1.29 is 4.74 Å². The molecule has 2 aliphatic rings. The third-order valence-corrected chi connectivity index (χ3v) is 8.07. The number of rotatable bonds is 6. The minimum Gasteiger partial charge on any atom is -0.488 e. The van der Waals surface area contributed by atoms with Crippen LogP contribution in [0, 0.1) is 0 Å². The Kier molecular flexibility index (Phi) is 6.11. The summed E-state index contributed by atoms with van der Waals surface area (Å²) < 4.78 is 7.88. The monoisotopic (exact) mass is 536 g/mol. The van der Waals surface area contributed by atoms with Crippen LogP contribution < -0.4 is 20.9 Å². The van der Waals surface area contributed by atoms with E-state index in [0.717, 1.165) is 43.9 Å². The van der Waals surface area contributed by atoms with Crippen LogP contribution in [-0.4, -0.2) is 62.4 Å². The molecule has 2 aliphatic heterocycles. The van der Waals surface area contributed by atoms with Gasteiger partial charge in [0.1, 0.15) is 17.2 Å². The predicted octanol–water partition coefficient (Wildman–Crippen LogP) is 3.67. The van der Waals surface area contributed by atoms with Crippen molar-refractivity contribution >= 4 is 33.7 Å². The second-order valence-electron chi connectivity index (χ2n) is 10.8. The number of aromatic nitrogens is 5. The second-order valence-corrected chi connectivity index (χ2v) is 10.8. The van der Waals surface area contributed by atoms with E-state index >= 15 is 0 Å². The summed E-state index contributed by atoms with van der Waals surface area (Å²) in [6, 6.07) is 16.3. The summed E-state index contributed by atoms with van der Waals surface area (Å²) >= 11 is 0. The van der Waals surface area contributed by atoms with Gasteiger partial charge in [0.2, 0.25) is 5.95 Å². The molecule has 1 saturated heterocycles. The van der Waals surface area contributed by atoms with Crippen LogP contribution in [0.1, 0.15) is 30.4 Å². The summed E-state index contributed by atoms with van der Waals surface area (Å²) in [6.07, 6.45) is 6.14. The molecule has 3 N–H and O–H groups in total. The molecule has 0 spiro atoms. The highest BCUT2D eigenvalue weighted by atomic mass is 16.5. The molecule has 0 saturated carbocycles. The summed E-state index contributed by atoms with van der Waals surface area (Å²) in [5, 5.41) is 8.05. The molecule has 3 aromatic heterocycles. The molecule has 5 aromatic rings. The van der Waals surface area contributed by atoms with E-state index in [-0.39, 0.29) is 17.5 Å². The minimum absolute atomic E-state index is 0.0134. The standard InChI is InChI=1S/C30H32N8O2/c1-36(18-22-13-10-20-6-2-3-7-24(20)40-22)30-32-16-23-26-25(27(31)35-34-26)29(39)38(28(23)33-30)21-11-8-19(9-12-21)17-37-14-4-5-15-37/h2-3,6-9,11-12,16,22H,4-5,10,13-15,17-18H2,1H3,(H3,31,34,35). The first-order chi connectivity index (χ1) is 19.5. The van der Waals surface area contributed by atoms with E-state index in [9.17, 15) is 4.79 Å². The number of nitrogens with one attached hydrogen (secondary N) is 1. The van der Waals surface area contributed by atoms with Gasteiger partial charge >= 0.3 is 0 Å². The van der Waals surface area contributed by atoms with E-state index in [0.29, 0.717) is 34.4 Å². The van der Waals surface area contributed by atoms with E-state index in [1.54, 1.807) is 10.8 Å². The summed E-state index contributed by atoms with van der Waals surface area (Å²) in [5.74, 6) is 1.62. The molecular formula is C30H32N8O2. The Hall–Kier alpha value is -4.44. The zero-order chi connectivity index (χ0) is 27.2. The van der Waals surface area contributed by atoms with Crippen LogP contribution in [0.5, 0.6) is 5.75 Å². The third kappa shape index (κ3) is 4.34. The molecule has 0 aliphatic carbocycles. The van der Waals surface area contributed by atoms with Crippen molar-refractivity contribution in [3.05, 3.63) is 76.2 Å². The van der Waals surface area contributed by atoms with Crippen LogP contribution in [0.15, 0.2) is 59.5 Å². The Balaban J connectivity index is 1.25. The number of ether oxygens (including phenoxy) is 1. The van der Waals surface area contributed by atoms with Gasteiger partial charge in [0, 0.05) is 19.8 Å². The molecule has 1 unspecified atom stereocenters. The number of pyridine rings is 1. The van der Waals surface area contributed by atoms with Crippen molar-refractivity contribution in [1.29, 1.82) is 0 Å². The number of para-hydroxylation sites is 1. The maximum absolute atomic E-state index is 13.8. The predicted molar refractivity (Wildman–Crippen MR) is 156 cm³/mol. The number of benzene rings is 2. The van der Waals surface area contributed by atoms with Crippen LogP contribution in [0.3, 0.4) is 0 Å². The number of aromatic amines is 1. The van der Waals surface area contributed by atoms with Crippen LogP contribution >= 0.6 is 0 Å². The lowest BCUT2D eigenvalue weighted by atomic mass is 10.0. The number of nitrogens with two attached hydrogens (primary N) is 1. The van der Waals surface area contributed by atoms with Crippen molar-refractivity contribution in [1.82, 2.24) is 29.6 Å². The minimum atomic E-state index is -0.263. The van der Waals surface area contributed by atoms with Gasteiger partial charge in [-0.2, -0.15) is 10.1 Å². The maximum atomic E-state index is 13.8. The number of fused-ring (bicyclic) bond motifs is 4. The number of nitrogens with zero attached hydrogens (tertiary/aromatic N) is 6. The molecule has 10 nitrogen and oxygen atoms in total. The molecule has 0 amide bonds. The highest BCUT2D eigenvalue weighted by molar-refractivity contribution is 6.05. The zero-order valence-corrected chi connectivity index (χ0v) is 22.5. The molecule has 10 heteroatoms. The Morgan fingerprint density at radius 3 is 2.75 bits per heavy atom. The van der Waals surface area contributed by atoms with Crippen molar-refractivity contribution in [3.63, 3.8) is 0 Å². The first-order valence-corrected chi connectivity index (χ1v) is 13.9. The molecule has 7 rings (SSSR count). The van der Waals surface area contributed by atoms with Gasteiger partial charge < -0.3 is 15.4 Å². The fraction of sp³-hybridized carbons (Fsp3) is 0.333. The van der Waals surface area contributed by atoms with Crippen LogP contribution in [0.25, 0.3) is 27.6 Å². The average molecular weight is 537 g/mol. The first kappa shape index (κ1) is 24.6. The molecule has 1 fully saturated rings. The van der Waals surface area contributed by atoms with E-state index in [1.807, 2.05) is 42.3 Å². The van der Waals surface area contributed by atoms with Gasteiger partial charge in [0.05, 0.1) is 23.1 Å². The lowest BCUT2D eigenvalue weighted by Crippen LogP contribution is -2.36. The van der Waals surface area contributed by atoms with Crippen molar-refractivity contribution in [2.24, 2.45) is 0 Å². The van der Waals surface area contributed by atoms with E-state index in [1.165, 1.54) is 24.0 Å². The molecule has 204 valence electrons. The van der Waals surface area contributed by atoms with Crippen molar-refractivity contribution in [3.8, 4) is 11.4 Å². The molecule has 40 heavy (non-hydrogen) atoms. The molecule has 0 radical (unpaired) electrons. The van der Waals surface area contributed by atoms with Crippen LogP contribution in [0.4, 0.5) is 11.8 Å². The summed E-state index contributed by atoms with van der Waals surface area (Å²) in [5.41, 5.74) is 10.1. The largest absolute Gasteiger partial charge is 0.488 e. The number of aryl methyl sites for hydroxylation is 1. The lowest BCUT2D eigenvalue weighted by molar-refractivity contribution is 0.179. The highest BCUT2D eigenvalue weighted by Crippen LogP contribution is 2.29. The fourth-order valence-corrected chi connectivity index (χ4v) is 5.95. The number of likely N-dealkylation sites (tertiary alicyclic amines) is 1. The van der Waals surface area contributed by atoms with Gasteiger partial charge in [-0.25, -0.2) is 4.98 Å².